The summed E-state index contributed by atoms with van der Waals surface area (Å²) >= 11 is 0. The first kappa shape index (κ1) is 16.6. The number of rotatable bonds is 3. The van der Waals surface area contributed by atoms with E-state index in [4.69, 9.17) is 0 Å². The van der Waals surface area contributed by atoms with Gasteiger partial charge in [-0.1, -0.05) is 91.0 Å². The lowest BCUT2D eigenvalue weighted by molar-refractivity contribution is -0.0467. The highest BCUT2D eigenvalue weighted by Gasteiger charge is 2.61. The molecule has 0 aliphatic heterocycles. The Morgan fingerprint density at radius 1 is 0.500 bits per heavy atom. The minimum absolute atomic E-state index is 0.369. The lowest BCUT2D eigenvalue weighted by Gasteiger charge is -2.65. The molecule has 0 spiro atoms. The van der Waals surface area contributed by atoms with Crippen molar-refractivity contribution >= 4 is 0 Å². The molecule has 3 aromatic carbocycles. The van der Waals surface area contributed by atoms with Gasteiger partial charge in [0, 0.05) is 0 Å². The average molecular weight is 365 g/mol. The Labute approximate surface area is 168 Å². The first-order valence-corrected chi connectivity index (χ1v) is 10.9. The number of benzene rings is 3. The second-order valence-electron chi connectivity index (χ2n) is 9.74. The molecule has 0 atom stereocenters. The summed E-state index contributed by atoms with van der Waals surface area (Å²) in [5, 5.41) is 0. The van der Waals surface area contributed by atoms with Crippen molar-refractivity contribution in [3.05, 3.63) is 108 Å². The first-order valence-electron chi connectivity index (χ1n) is 10.9. The maximum atomic E-state index is 2.41. The molecule has 4 aliphatic rings. The van der Waals surface area contributed by atoms with Crippen molar-refractivity contribution in [3.8, 4) is 0 Å². The summed E-state index contributed by atoms with van der Waals surface area (Å²) < 4.78 is 0. The van der Waals surface area contributed by atoms with Crippen molar-refractivity contribution in [1.82, 2.24) is 0 Å². The Morgan fingerprint density at radius 3 is 1.32 bits per heavy atom. The standard InChI is InChI=1S/C28H28/c1-4-10-21(11-5-1)26-22-16-27(24-12-6-2-7-13-24)17-23(26)19-28(18-22,20-27)25-14-8-3-9-15-25/h1-15,22-23,26H,16-20H2. The summed E-state index contributed by atoms with van der Waals surface area (Å²) in [5.41, 5.74) is 5.51. The van der Waals surface area contributed by atoms with Gasteiger partial charge in [-0.25, -0.2) is 0 Å². The molecular weight excluding hydrogens is 336 g/mol. The van der Waals surface area contributed by atoms with Crippen LogP contribution in [-0.2, 0) is 10.8 Å². The third-order valence-electron chi connectivity index (χ3n) is 8.26. The fourth-order valence-corrected chi connectivity index (χ4v) is 7.63. The van der Waals surface area contributed by atoms with Crippen LogP contribution in [0.4, 0.5) is 0 Å². The van der Waals surface area contributed by atoms with Crippen LogP contribution in [0, 0.1) is 11.8 Å². The molecule has 0 aromatic heterocycles. The Bertz CT molecular complexity index is 883. The second kappa shape index (κ2) is 6.08. The van der Waals surface area contributed by atoms with Gasteiger partial charge in [0.05, 0.1) is 0 Å². The topological polar surface area (TPSA) is 0 Å². The van der Waals surface area contributed by atoms with Crippen LogP contribution in [0.2, 0.25) is 0 Å². The lowest BCUT2D eigenvalue weighted by atomic mass is 9.38. The Morgan fingerprint density at radius 2 is 0.893 bits per heavy atom. The monoisotopic (exact) mass is 364 g/mol. The van der Waals surface area contributed by atoms with Crippen molar-refractivity contribution in [2.45, 2.75) is 48.9 Å². The third kappa shape index (κ3) is 2.37. The highest BCUT2D eigenvalue weighted by atomic mass is 14.7. The summed E-state index contributed by atoms with van der Waals surface area (Å²) in [4.78, 5) is 0. The molecule has 0 N–H and O–H groups in total. The van der Waals surface area contributed by atoms with Crippen LogP contribution in [0.1, 0.15) is 54.7 Å². The molecule has 140 valence electrons. The molecule has 0 heterocycles. The predicted octanol–water partition coefficient (Wildman–Crippen LogP) is 6.87. The van der Waals surface area contributed by atoms with E-state index >= 15 is 0 Å². The Hall–Kier alpha value is -2.34. The molecule has 4 aliphatic carbocycles. The summed E-state index contributed by atoms with van der Waals surface area (Å²) in [6, 6.07) is 34.4. The van der Waals surface area contributed by atoms with Crippen LogP contribution in [0.3, 0.4) is 0 Å². The van der Waals surface area contributed by atoms with E-state index in [-0.39, 0.29) is 0 Å². The normalized spacial score (nSPS) is 35.8. The molecule has 28 heavy (non-hydrogen) atoms. The Kier molecular flexibility index (Phi) is 3.60. The van der Waals surface area contributed by atoms with Gasteiger partial charge >= 0.3 is 0 Å². The van der Waals surface area contributed by atoms with Gasteiger partial charge in [0.2, 0.25) is 0 Å². The maximum Gasteiger partial charge on any atom is -0.00328 e. The largest absolute Gasteiger partial charge is 0.0622 e. The molecule has 0 nitrogen and oxygen atoms in total. The molecule has 4 saturated carbocycles. The van der Waals surface area contributed by atoms with Crippen molar-refractivity contribution in [2.24, 2.45) is 11.8 Å². The quantitative estimate of drug-likeness (QED) is 0.476. The van der Waals surface area contributed by atoms with Crippen LogP contribution >= 0.6 is 0 Å². The third-order valence-corrected chi connectivity index (χ3v) is 8.26. The SMILES string of the molecule is c1ccc(C2C3CC4(c5ccccc5)CC2CC(c2ccccc2)(C3)C4)cc1. The van der Waals surface area contributed by atoms with Gasteiger partial charge in [0.15, 0.2) is 0 Å². The van der Waals surface area contributed by atoms with Crippen LogP contribution in [0.15, 0.2) is 91.0 Å². The molecule has 7 rings (SSSR count). The van der Waals surface area contributed by atoms with Gasteiger partial charge < -0.3 is 0 Å². The minimum Gasteiger partial charge on any atom is -0.0622 e. The summed E-state index contributed by atoms with van der Waals surface area (Å²) in [7, 11) is 0. The van der Waals surface area contributed by atoms with Gasteiger partial charge in [0.25, 0.3) is 0 Å². The smallest absolute Gasteiger partial charge is 0.00328 e. The van der Waals surface area contributed by atoms with E-state index in [1.807, 2.05) is 0 Å². The van der Waals surface area contributed by atoms with E-state index in [1.165, 1.54) is 32.1 Å². The van der Waals surface area contributed by atoms with E-state index in [9.17, 15) is 0 Å². The van der Waals surface area contributed by atoms with E-state index in [0.717, 1.165) is 17.8 Å². The molecule has 0 unspecified atom stereocenters. The summed E-state index contributed by atoms with van der Waals surface area (Å²) in [6.07, 6.45) is 6.79. The molecule has 0 saturated heterocycles. The summed E-state index contributed by atoms with van der Waals surface area (Å²) in [5.74, 6) is 2.34. The maximum absolute atomic E-state index is 2.41. The van der Waals surface area contributed by atoms with Crippen molar-refractivity contribution < 1.29 is 0 Å². The van der Waals surface area contributed by atoms with E-state index in [0.29, 0.717) is 10.8 Å². The van der Waals surface area contributed by atoms with Crippen LogP contribution in [0.5, 0.6) is 0 Å². The number of hydrogen-bond acceptors (Lipinski definition) is 0. The molecule has 0 radical (unpaired) electrons. The molecular formula is C28H28. The molecule has 0 amide bonds. The van der Waals surface area contributed by atoms with Gasteiger partial charge in [-0.3, -0.25) is 0 Å². The van der Waals surface area contributed by atoms with Crippen LogP contribution < -0.4 is 0 Å². The zero-order chi connectivity index (χ0) is 18.6. The highest BCUT2D eigenvalue weighted by molar-refractivity contribution is 5.40. The van der Waals surface area contributed by atoms with Crippen molar-refractivity contribution in [3.63, 3.8) is 0 Å². The molecule has 0 heteroatoms. The number of hydrogen-bond donors (Lipinski definition) is 0. The van der Waals surface area contributed by atoms with Gasteiger partial charge in [-0.2, -0.15) is 0 Å². The van der Waals surface area contributed by atoms with E-state index in [1.54, 1.807) is 16.7 Å². The second-order valence-corrected chi connectivity index (χ2v) is 9.74. The average Bonchev–Trinajstić information content (AvgIpc) is 2.75. The van der Waals surface area contributed by atoms with E-state index in [2.05, 4.69) is 91.0 Å². The minimum atomic E-state index is 0.369. The molecule has 3 aromatic rings. The van der Waals surface area contributed by atoms with Gasteiger partial charge in [-0.05, 0) is 77.4 Å². The Balaban J connectivity index is 1.48. The molecule has 4 fully saturated rings. The fraction of sp³-hybridized carbons (Fsp3) is 0.357. The lowest BCUT2D eigenvalue weighted by Crippen LogP contribution is -2.58. The van der Waals surface area contributed by atoms with E-state index < -0.39 is 0 Å². The zero-order valence-corrected chi connectivity index (χ0v) is 16.4. The zero-order valence-electron chi connectivity index (χ0n) is 16.4. The fourth-order valence-electron chi connectivity index (χ4n) is 7.63. The summed E-state index contributed by atoms with van der Waals surface area (Å²) in [6.45, 7) is 0. The van der Waals surface area contributed by atoms with Gasteiger partial charge in [0.1, 0.15) is 0 Å². The van der Waals surface area contributed by atoms with Crippen LogP contribution in [-0.4, -0.2) is 0 Å². The van der Waals surface area contributed by atoms with Crippen molar-refractivity contribution in [2.75, 3.05) is 0 Å². The van der Waals surface area contributed by atoms with Gasteiger partial charge in [-0.15, -0.1) is 0 Å². The first-order chi connectivity index (χ1) is 13.8. The molecule has 4 bridgehead atoms. The predicted molar refractivity (Wildman–Crippen MR) is 115 cm³/mol. The van der Waals surface area contributed by atoms with Crippen molar-refractivity contribution in [1.29, 1.82) is 0 Å². The van der Waals surface area contributed by atoms with Crippen LogP contribution in [0.25, 0.3) is 0 Å². The highest BCUT2D eigenvalue weighted by Crippen LogP contribution is 2.69.